The van der Waals surface area contributed by atoms with Crippen molar-refractivity contribution in [3.63, 3.8) is 0 Å². The number of ether oxygens (including phenoxy) is 2. The standard InChI is InChI=1S/C16H21NO3/c1-11(2)19-10-16(3,4)20-14-5-6-15-12(8-14)7-13(9-18)17-15/h5-9,11,17H,10H2,1-4H3. The number of benzene rings is 1. The first kappa shape index (κ1) is 14.6. The Morgan fingerprint density at radius 1 is 1.30 bits per heavy atom. The van der Waals surface area contributed by atoms with E-state index in [1.807, 2.05) is 52.0 Å². The van der Waals surface area contributed by atoms with Gasteiger partial charge >= 0.3 is 0 Å². The van der Waals surface area contributed by atoms with Crippen molar-refractivity contribution in [1.82, 2.24) is 4.98 Å². The summed E-state index contributed by atoms with van der Waals surface area (Å²) in [6.07, 6.45) is 0.987. The summed E-state index contributed by atoms with van der Waals surface area (Å²) < 4.78 is 11.6. The van der Waals surface area contributed by atoms with Crippen LogP contribution in [0.1, 0.15) is 38.2 Å². The zero-order chi connectivity index (χ0) is 14.8. The first-order valence-electron chi connectivity index (χ1n) is 6.78. The van der Waals surface area contributed by atoms with E-state index in [1.165, 1.54) is 0 Å². The van der Waals surface area contributed by atoms with Gasteiger partial charge in [0.2, 0.25) is 0 Å². The number of carbonyl (C=O) groups excluding carboxylic acids is 1. The van der Waals surface area contributed by atoms with Crippen LogP contribution < -0.4 is 4.74 Å². The SMILES string of the molecule is CC(C)OCC(C)(C)Oc1ccc2[nH]c(C=O)cc2c1. The third kappa shape index (κ3) is 3.61. The molecular weight excluding hydrogens is 254 g/mol. The highest BCUT2D eigenvalue weighted by molar-refractivity contribution is 5.88. The topological polar surface area (TPSA) is 51.3 Å². The van der Waals surface area contributed by atoms with Crippen molar-refractivity contribution in [2.45, 2.75) is 39.4 Å². The van der Waals surface area contributed by atoms with Crippen LogP contribution in [0.3, 0.4) is 0 Å². The molecule has 0 aliphatic carbocycles. The van der Waals surface area contributed by atoms with Crippen LogP contribution in [0.15, 0.2) is 24.3 Å². The number of rotatable bonds is 6. The molecule has 1 aromatic carbocycles. The summed E-state index contributed by atoms with van der Waals surface area (Å²) in [5.41, 5.74) is 1.09. The summed E-state index contributed by atoms with van der Waals surface area (Å²) in [6, 6.07) is 7.55. The quantitative estimate of drug-likeness (QED) is 0.820. The number of aldehydes is 1. The lowest BCUT2D eigenvalue weighted by molar-refractivity contribution is -0.0276. The predicted molar refractivity (Wildman–Crippen MR) is 79.5 cm³/mol. The zero-order valence-electron chi connectivity index (χ0n) is 12.4. The second-order valence-corrected chi connectivity index (χ2v) is 5.81. The highest BCUT2D eigenvalue weighted by Crippen LogP contribution is 2.24. The molecule has 2 aromatic rings. The number of fused-ring (bicyclic) bond motifs is 1. The van der Waals surface area contributed by atoms with Crippen LogP contribution in [-0.4, -0.2) is 29.6 Å². The number of nitrogens with one attached hydrogen (secondary N) is 1. The monoisotopic (exact) mass is 275 g/mol. The Labute approximate surface area is 119 Å². The number of hydrogen-bond acceptors (Lipinski definition) is 3. The van der Waals surface area contributed by atoms with E-state index in [4.69, 9.17) is 9.47 Å². The molecule has 0 saturated heterocycles. The highest BCUT2D eigenvalue weighted by atomic mass is 16.5. The van der Waals surface area contributed by atoms with E-state index < -0.39 is 5.60 Å². The van der Waals surface area contributed by atoms with E-state index in [1.54, 1.807) is 0 Å². The predicted octanol–water partition coefficient (Wildman–Crippen LogP) is 3.56. The summed E-state index contributed by atoms with van der Waals surface area (Å²) in [5, 5.41) is 0.963. The Kier molecular flexibility index (Phi) is 4.14. The van der Waals surface area contributed by atoms with Gasteiger partial charge in [-0.25, -0.2) is 0 Å². The second kappa shape index (κ2) is 5.67. The number of H-pyrrole nitrogens is 1. The van der Waals surface area contributed by atoms with Crippen molar-refractivity contribution >= 4 is 17.2 Å². The van der Waals surface area contributed by atoms with Crippen molar-refractivity contribution in [2.24, 2.45) is 0 Å². The zero-order valence-corrected chi connectivity index (χ0v) is 12.4. The van der Waals surface area contributed by atoms with E-state index >= 15 is 0 Å². The molecule has 0 fully saturated rings. The number of aromatic nitrogens is 1. The molecule has 0 bridgehead atoms. The Hall–Kier alpha value is -1.81. The van der Waals surface area contributed by atoms with Crippen molar-refractivity contribution in [2.75, 3.05) is 6.61 Å². The molecule has 1 aromatic heterocycles. The van der Waals surface area contributed by atoms with Crippen LogP contribution in [0.5, 0.6) is 5.75 Å². The van der Waals surface area contributed by atoms with Crippen molar-refractivity contribution in [3.05, 3.63) is 30.0 Å². The van der Waals surface area contributed by atoms with Crippen LogP contribution in [0.2, 0.25) is 0 Å². The van der Waals surface area contributed by atoms with E-state index in [9.17, 15) is 4.79 Å². The minimum atomic E-state index is -0.401. The van der Waals surface area contributed by atoms with Crippen LogP contribution in [0.4, 0.5) is 0 Å². The molecule has 20 heavy (non-hydrogen) atoms. The normalized spacial score (nSPS) is 12.1. The molecular formula is C16H21NO3. The molecule has 4 heteroatoms. The van der Waals surface area contributed by atoms with E-state index in [-0.39, 0.29) is 6.10 Å². The molecule has 108 valence electrons. The molecule has 0 unspecified atom stereocenters. The number of carbonyl (C=O) groups is 1. The van der Waals surface area contributed by atoms with Gasteiger partial charge in [0.15, 0.2) is 6.29 Å². The van der Waals surface area contributed by atoms with E-state index in [2.05, 4.69) is 4.98 Å². The highest BCUT2D eigenvalue weighted by Gasteiger charge is 2.21. The first-order valence-corrected chi connectivity index (χ1v) is 6.78. The molecule has 4 nitrogen and oxygen atoms in total. The van der Waals surface area contributed by atoms with Gasteiger partial charge in [-0.2, -0.15) is 0 Å². The summed E-state index contributed by atoms with van der Waals surface area (Å²) in [6.45, 7) is 8.52. The van der Waals surface area contributed by atoms with Crippen molar-refractivity contribution in [3.8, 4) is 5.75 Å². The first-order chi connectivity index (χ1) is 9.39. The number of hydrogen-bond donors (Lipinski definition) is 1. The maximum atomic E-state index is 10.8. The fraction of sp³-hybridized carbons (Fsp3) is 0.438. The third-order valence-corrected chi connectivity index (χ3v) is 2.90. The minimum Gasteiger partial charge on any atom is -0.485 e. The van der Waals surface area contributed by atoms with E-state index in [0.717, 1.165) is 22.9 Å². The van der Waals surface area contributed by atoms with Crippen molar-refractivity contribution < 1.29 is 14.3 Å². The Morgan fingerprint density at radius 2 is 2.05 bits per heavy atom. The molecule has 1 N–H and O–H groups in total. The second-order valence-electron chi connectivity index (χ2n) is 5.81. The lowest BCUT2D eigenvalue weighted by atomic mass is 10.1. The fourth-order valence-corrected chi connectivity index (χ4v) is 1.98. The molecule has 0 spiro atoms. The van der Waals surface area contributed by atoms with Gasteiger partial charge in [-0.05, 0) is 52.0 Å². The number of aromatic amines is 1. The van der Waals surface area contributed by atoms with Crippen molar-refractivity contribution in [1.29, 1.82) is 0 Å². The molecule has 0 atom stereocenters. The Balaban J connectivity index is 2.14. The molecule has 0 amide bonds. The van der Waals surface area contributed by atoms with Gasteiger partial charge < -0.3 is 14.5 Å². The molecule has 1 heterocycles. The van der Waals surface area contributed by atoms with Crippen LogP contribution in [-0.2, 0) is 4.74 Å². The summed E-state index contributed by atoms with van der Waals surface area (Å²) in [4.78, 5) is 13.8. The van der Waals surface area contributed by atoms with Gasteiger partial charge in [-0.3, -0.25) is 4.79 Å². The lowest BCUT2D eigenvalue weighted by Crippen LogP contribution is -2.35. The molecule has 0 aliphatic heterocycles. The lowest BCUT2D eigenvalue weighted by Gasteiger charge is -2.27. The minimum absolute atomic E-state index is 0.181. The maximum Gasteiger partial charge on any atom is 0.166 e. The fourth-order valence-electron chi connectivity index (χ4n) is 1.98. The van der Waals surface area contributed by atoms with Crippen LogP contribution in [0, 0.1) is 0 Å². The van der Waals surface area contributed by atoms with Gasteiger partial charge in [0.25, 0.3) is 0 Å². The summed E-state index contributed by atoms with van der Waals surface area (Å²) in [5.74, 6) is 0.770. The van der Waals surface area contributed by atoms with Gasteiger partial charge in [-0.1, -0.05) is 0 Å². The Bertz CT molecular complexity index is 599. The summed E-state index contributed by atoms with van der Waals surface area (Å²) in [7, 11) is 0. The largest absolute Gasteiger partial charge is 0.485 e. The maximum absolute atomic E-state index is 10.8. The summed E-state index contributed by atoms with van der Waals surface area (Å²) >= 11 is 0. The van der Waals surface area contributed by atoms with Gasteiger partial charge in [0.05, 0.1) is 18.4 Å². The molecule has 0 aliphatic rings. The molecule has 0 saturated carbocycles. The van der Waals surface area contributed by atoms with Gasteiger partial charge in [-0.15, -0.1) is 0 Å². The van der Waals surface area contributed by atoms with E-state index in [0.29, 0.717) is 12.3 Å². The smallest absolute Gasteiger partial charge is 0.166 e. The Morgan fingerprint density at radius 3 is 2.70 bits per heavy atom. The van der Waals surface area contributed by atoms with Gasteiger partial charge in [0.1, 0.15) is 11.4 Å². The van der Waals surface area contributed by atoms with Crippen LogP contribution >= 0.6 is 0 Å². The average Bonchev–Trinajstić information content (AvgIpc) is 2.78. The third-order valence-electron chi connectivity index (χ3n) is 2.90. The molecule has 2 rings (SSSR count). The van der Waals surface area contributed by atoms with Gasteiger partial charge in [0, 0.05) is 10.9 Å². The average molecular weight is 275 g/mol. The molecule has 0 radical (unpaired) electrons. The van der Waals surface area contributed by atoms with Crippen LogP contribution in [0.25, 0.3) is 10.9 Å².